The maximum atomic E-state index is 12.3. The molecule has 0 aromatic carbocycles. The van der Waals surface area contributed by atoms with Gasteiger partial charge >= 0.3 is 0 Å². The van der Waals surface area contributed by atoms with E-state index in [1.807, 2.05) is 13.8 Å². The molecule has 0 spiro atoms. The fraction of sp³-hybridized carbons (Fsp3) is 0.294. The summed E-state index contributed by atoms with van der Waals surface area (Å²) in [4.78, 5) is 32.2. The van der Waals surface area contributed by atoms with E-state index in [1.165, 1.54) is 24.5 Å². The van der Waals surface area contributed by atoms with E-state index in [0.29, 0.717) is 11.1 Å². The molecule has 0 saturated heterocycles. The van der Waals surface area contributed by atoms with Crippen LogP contribution >= 0.6 is 23.2 Å². The summed E-state index contributed by atoms with van der Waals surface area (Å²) in [5.41, 5.74) is 0.827. The molecule has 0 fully saturated rings. The Bertz CT molecular complexity index is 768. The molecule has 1 atom stereocenters. The summed E-state index contributed by atoms with van der Waals surface area (Å²) in [6.07, 6.45) is 2.93. The number of nitrogens with one attached hydrogen (secondary N) is 2. The van der Waals surface area contributed by atoms with Gasteiger partial charge in [-0.1, -0.05) is 37.0 Å². The third kappa shape index (κ3) is 5.69. The van der Waals surface area contributed by atoms with Crippen LogP contribution in [0.5, 0.6) is 0 Å². The zero-order valence-electron chi connectivity index (χ0n) is 13.8. The Morgan fingerprint density at radius 3 is 2.00 bits per heavy atom. The van der Waals surface area contributed by atoms with Gasteiger partial charge in [0.05, 0.1) is 0 Å². The Hall–Kier alpha value is -2.18. The number of aromatic nitrogens is 2. The first-order chi connectivity index (χ1) is 11.9. The molecule has 2 aromatic rings. The van der Waals surface area contributed by atoms with Crippen molar-refractivity contribution >= 4 is 35.0 Å². The van der Waals surface area contributed by atoms with E-state index in [9.17, 15) is 9.59 Å². The fourth-order valence-corrected chi connectivity index (χ4v) is 2.45. The fourth-order valence-electron chi connectivity index (χ4n) is 2.10. The van der Waals surface area contributed by atoms with Crippen molar-refractivity contribution in [3.63, 3.8) is 0 Å². The molecule has 2 aromatic heterocycles. The van der Waals surface area contributed by atoms with Crippen molar-refractivity contribution in [3.8, 4) is 0 Å². The highest BCUT2D eigenvalue weighted by molar-refractivity contribution is 6.30. The van der Waals surface area contributed by atoms with Crippen LogP contribution in [0.1, 0.15) is 34.6 Å². The number of amides is 2. The number of carbonyl (C=O) groups excluding carboxylic acids is 2. The molecule has 1 unspecified atom stereocenters. The molecule has 2 heterocycles. The maximum Gasteiger partial charge on any atom is 0.251 e. The molecule has 2 rings (SSSR count). The van der Waals surface area contributed by atoms with Crippen molar-refractivity contribution in [2.24, 2.45) is 5.92 Å². The van der Waals surface area contributed by atoms with E-state index in [4.69, 9.17) is 23.2 Å². The summed E-state index contributed by atoms with van der Waals surface area (Å²) in [6, 6.07) is 5.88. The van der Waals surface area contributed by atoms with Gasteiger partial charge in [0.1, 0.15) is 10.3 Å². The van der Waals surface area contributed by atoms with E-state index in [1.54, 1.807) is 12.1 Å². The van der Waals surface area contributed by atoms with Crippen molar-refractivity contribution in [1.82, 2.24) is 20.6 Å². The number of hydrogen-bond donors (Lipinski definition) is 2. The Kier molecular flexibility index (Phi) is 6.73. The molecule has 0 aliphatic heterocycles. The number of halogens is 2. The first kappa shape index (κ1) is 19.1. The van der Waals surface area contributed by atoms with E-state index < -0.39 is 0 Å². The first-order valence-electron chi connectivity index (χ1n) is 7.69. The monoisotopic (exact) mass is 380 g/mol. The lowest BCUT2D eigenvalue weighted by atomic mass is 10.0. The Balaban J connectivity index is 1.99. The zero-order valence-corrected chi connectivity index (χ0v) is 15.3. The minimum Gasteiger partial charge on any atom is -0.350 e. The predicted octanol–water partition coefficient (Wildman–Crippen LogP) is 2.97. The maximum absolute atomic E-state index is 12.3. The van der Waals surface area contributed by atoms with Crippen LogP contribution in [-0.4, -0.2) is 34.4 Å². The van der Waals surface area contributed by atoms with Gasteiger partial charge in [0.15, 0.2) is 0 Å². The highest BCUT2D eigenvalue weighted by Gasteiger charge is 2.19. The van der Waals surface area contributed by atoms with Crippen molar-refractivity contribution < 1.29 is 9.59 Å². The number of carbonyl (C=O) groups is 2. The van der Waals surface area contributed by atoms with E-state index >= 15 is 0 Å². The smallest absolute Gasteiger partial charge is 0.251 e. The van der Waals surface area contributed by atoms with Crippen LogP contribution in [0.3, 0.4) is 0 Å². The highest BCUT2D eigenvalue weighted by Crippen LogP contribution is 2.10. The lowest BCUT2D eigenvalue weighted by Gasteiger charge is -2.23. The van der Waals surface area contributed by atoms with E-state index in [-0.39, 0.29) is 40.6 Å². The first-order valence-corrected chi connectivity index (χ1v) is 8.44. The quantitative estimate of drug-likeness (QED) is 0.754. The van der Waals surface area contributed by atoms with Gasteiger partial charge in [0, 0.05) is 36.1 Å². The molecule has 0 bridgehead atoms. The summed E-state index contributed by atoms with van der Waals surface area (Å²) in [6.45, 7) is 4.20. The zero-order chi connectivity index (χ0) is 18.4. The minimum atomic E-state index is -0.281. The second-order valence-corrected chi connectivity index (χ2v) is 6.54. The highest BCUT2D eigenvalue weighted by atomic mass is 35.5. The van der Waals surface area contributed by atoms with Gasteiger partial charge in [-0.05, 0) is 30.2 Å². The second kappa shape index (κ2) is 8.78. The molecule has 2 N–H and O–H groups in total. The Labute approximate surface area is 156 Å². The summed E-state index contributed by atoms with van der Waals surface area (Å²) in [5, 5.41) is 6.19. The average molecular weight is 381 g/mol. The molecule has 2 amide bonds. The summed E-state index contributed by atoms with van der Waals surface area (Å²) < 4.78 is 0. The van der Waals surface area contributed by atoms with Crippen LogP contribution in [0.25, 0.3) is 0 Å². The van der Waals surface area contributed by atoms with Crippen molar-refractivity contribution in [2.45, 2.75) is 19.9 Å². The second-order valence-electron chi connectivity index (χ2n) is 5.77. The third-order valence-electron chi connectivity index (χ3n) is 3.58. The molecular weight excluding hydrogens is 363 g/mol. The van der Waals surface area contributed by atoms with Crippen molar-refractivity contribution in [1.29, 1.82) is 0 Å². The average Bonchev–Trinajstić information content (AvgIpc) is 2.57. The predicted molar refractivity (Wildman–Crippen MR) is 96.9 cm³/mol. The van der Waals surface area contributed by atoms with E-state index in [2.05, 4.69) is 20.6 Å². The minimum absolute atomic E-state index is 0.114. The van der Waals surface area contributed by atoms with Crippen LogP contribution in [0, 0.1) is 5.92 Å². The van der Waals surface area contributed by atoms with Crippen LogP contribution in [0.2, 0.25) is 10.3 Å². The molecule has 25 heavy (non-hydrogen) atoms. The van der Waals surface area contributed by atoms with Gasteiger partial charge in [-0.3, -0.25) is 9.59 Å². The lowest BCUT2D eigenvalue weighted by Crippen LogP contribution is -2.46. The van der Waals surface area contributed by atoms with Crippen molar-refractivity contribution in [3.05, 3.63) is 58.1 Å². The molecular formula is C17H18Cl2N4O2. The van der Waals surface area contributed by atoms with Gasteiger partial charge in [-0.2, -0.15) is 0 Å². The summed E-state index contributed by atoms with van der Waals surface area (Å²) in [7, 11) is 0. The molecule has 6 nitrogen and oxygen atoms in total. The van der Waals surface area contributed by atoms with Gasteiger partial charge in [-0.25, -0.2) is 9.97 Å². The topological polar surface area (TPSA) is 84.0 Å². The standard InChI is InChI=1S/C17H18Cl2N4O2/c1-10(2)13(23-17(25)12-4-6-21-15(19)8-12)9-22-16(24)11-3-5-20-14(18)7-11/h3-8,10,13H,9H2,1-2H3,(H,22,24)(H,23,25). The largest absolute Gasteiger partial charge is 0.350 e. The van der Waals surface area contributed by atoms with Gasteiger partial charge < -0.3 is 10.6 Å². The molecule has 0 aliphatic rings. The third-order valence-corrected chi connectivity index (χ3v) is 3.99. The van der Waals surface area contributed by atoms with Gasteiger partial charge in [0.25, 0.3) is 11.8 Å². The summed E-state index contributed by atoms with van der Waals surface area (Å²) in [5.74, 6) is -0.442. The number of rotatable bonds is 6. The number of nitrogens with zero attached hydrogens (tertiary/aromatic N) is 2. The number of pyridine rings is 2. The lowest BCUT2D eigenvalue weighted by molar-refractivity contribution is 0.0897. The van der Waals surface area contributed by atoms with Crippen LogP contribution in [-0.2, 0) is 0 Å². The normalized spacial score (nSPS) is 11.9. The Morgan fingerprint density at radius 2 is 1.52 bits per heavy atom. The molecule has 132 valence electrons. The van der Waals surface area contributed by atoms with Crippen LogP contribution in [0.4, 0.5) is 0 Å². The summed E-state index contributed by atoms with van der Waals surface area (Å²) >= 11 is 11.6. The molecule has 8 heteroatoms. The van der Waals surface area contributed by atoms with E-state index in [0.717, 1.165) is 0 Å². The molecule has 0 aliphatic carbocycles. The van der Waals surface area contributed by atoms with Crippen LogP contribution in [0.15, 0.2) is 36.7 Å². The molecule has 0 saturated carbocycles. The van der Waals surface area contributed by atoms with Gasteiger partial charge in [0.2, 0.25) is 0 Å². The molecule has 0 radical (unpaired) electrons. The Morgan fingerprint density at radius 1 is 1.00 bits per heavy atom. The number of hydrogen-bond acceptors (Lipinski definition) is 4. The van der Waals surface area contributed by atoms with Crippen LogP contribution < -0.4 is 10.6 Å². The SMILES string of the molecule is CC(C)C(CNC(=O)c1ccnc(Cl)c1)NC(=O)c1ccnc(Cl)c1. The van der Waals surface area contributed by atoms with Gasteiger partial charge in [-0.15, -0.1) is 0 Å². The van der Waals surface area contributed by atoms with Crippen molar-refractivity contribution in [2.75, 3.05) is 6.54 Å².